The third kappa shape index (κ3) is 3.75. The normalized spacial score (nSPS) is 13.9. The standard InChI is InChI=1S/C19H18F3NO5/c1-2-28-18(26)15-16(24)13-7-8-27-10-14(13)23(17(15)25)9-11-3-5-12(6-4-11)19(20,21)22/h3-6,24H,2,7-10H2,1H3. The van der Waals surface area contributed by atoms with Gasteiger partial charge in [0.05, 0.1) is 37.6 Å². The molecule has 150 valence electrons. The molecule has 0 aliphatic carbocycles. The molecular weight excluding hydrogens is 379 g/mol. The minimum Gasteiger partial charge on any atom is -0.506 e. The Balaban J connectivity index is 2.08. The van der Waals surface area contributed by atoms with E-state index >= 15 is 0 Å². The number of nitrogens with zero attached hydrogens (tertiary/aromatic N) is 1. The Kier molecular flexibility index (Phi) is 5.46. The van der Waals surface area contributed by atoms with Gasteiger partial charge in [0.25, 0.3) is 5.56 Å². The van der Waals surface area contributed by atoms with Crippen LogP contribution in [0.15, 0.2) is 29.1 Å². The van der Waals surface area contributed by atoms with Crippen molar-refractivity contribution in [3.8, 4) is 5.75 Å². The minimum absolute atomic E-state index is 0.0246. The molecule has 1 aromatic heterocycles. The lowest BCUT2D eigenvalue weighted by Crippen LogP contribution is -2.33. The molecule has 0 fully saturated rings. The molecular formula is C19H18F3NO5. The van der Waals surface area contributed by atoms with Crippen LogP contribution in [0.4, 0.5) is 13.2 Å². The van der Waals surface area contributed by atoms with E-state index in [1.54, 1.807) is 6.92 Å². The Morgan fingerprint density at radius 2 is 1.96 bits per heavy atom. The zero-order valence-corrected chi connectivity index (χ0v) is 15.0. The van der Waals surface area contributed by atoms with Crippen LogP contribution in [-0.4, -0.2) is 28.9 Å². The molecule has 9 heteroatoms. The van der Waals surface area contributed by atoms with E-state index in [9.17, 15) is 27.9 Å². The highest BCUT2D eigenvalue weighted by molar-refractivity contribution is 5.92. The Hall–Kier alpha value is -2.81. The van der Waals surface area contributed by atoms with Gasteiger partial charge in [0, 0.05) is 12.0 Å². The van der Waals surface area contributed by atoms with Crippen LogP contribution in [0.3, 0.4) is 0 Å². The van der Waals surface area contributed by atoms with Gasteiger partial charge in [-0.3, -0.25) is 4.79 Å². The van der Waals surface area contributed by atoms with Gasteiger partial charge < -0.3 is 19.1 Å². The van der Waals surface area contributed by atoms with Crippen molar-refractivity contribution in [1.29, 1.82) is 0 Å². The second-order valence-electron chi connectivity index (χ2n) is 6.26. The number of aromatic nitrogens is 1. The van der Waals surface area contributed by atoms with E-state index in [1.165, 1.54) is 16.7 Å². The number of fused-ring (bicyclic) bond motifs is 1. The topological polar surface area (TPSA) is 77.8 Å². The van der Waals surface area contributed by atoms with Crippen molar-refractivity contribution in [3.63, 3.8) is 0 Å². The first kappa shape index (κ1) is 19.9. The van der Waals surface area contributed by atoms with Gasteiger partial charge in [-0.1, -0.05) is 12.1 Å². The van der Waals surface area contributed by atoms with Crippen LogP contribution in [0.1, 0.15) is 39.7 Å². The molecule has 2 aromatic rings. The van der Waals surface area contributed by atoms with Crippen LogP contribution in [0.25, 0.3) is 0 Å². The highest BCUT2D eigenvalue weighted by Crippen LogP contribution is 2.30. The molecule has 3 rings (SSSR count). The quantitative estimate of drug-likeness (QED) is 0.803. The van der Waals surface area contributed by atoms with Crippen LogP contribution in [0, 0.1) is 0 Å². The molecule has 2 heterocycles. The molecule has 1 aromatic carbocycles. The summed E-state index contributed by atoms with van der Waals surface area (Å²) in [4.78, 5) is 25.1. The van der Waals surface area contributed by atoms with Crippen LogP contribution in [-0.2, 0) is 35.2 Å². The van der Waals surface area contributed by atoms with Crippen LogP contribution < -0.4 is 5.56 Å². The van der Waals surface area contributed by atoms with Crippen molar-refractivity contribution in [2.24, 2.45) is 0 Å². The minimum atomic E-state index is -4.46. The van der Waals surface area contributed by atoms with Gasteiger partial charge in [0.2, 0.25) is 0 Å². The summed E-state index contributed by atoms with van der Waals surface area (Å²) in [5, 5.41) is 10.4. The number of ether oxygens (including phenoxy) is 2. The molecule has 0 saturated carbocycles. The lowest BCUT2D eigenvalue weighted by atomic mass is 10.0. The highest BCUT2D eigenvalue weighted by atomic mass is 19.4. The predicted octanol–water partition coefficient (Wildman–Crippen LogP) is 2.87. The van der Waals surface area contributed by atoms with E-state index in [0.29, 0.717) is 29.8 Å². The van der Waals surface area contributed by atoms with Gasteiger partial charge in [-0.2, -0.15) is 13.2 Å². The second-order valence-corrected chi connectivity index (χ2v) is 6.26. The molecule has 28 heavy (non-hydrogen) atoms. The highest BCUT2D eigenvalue weighted by Gasteiger charge is 2.31. The first-order valence-electron chi connectivity index (χ1n) is 8.62. The van der Waals surface area contributed by atoms with Gasteiger partial charge in [-0.05, 0) is 24.6 Å². The Labute approximate surface area is 158 Å². The number of benzene rings is 1. The van der Waals surface area contributed by atoms with Gasteiger partial charge in [-0.25, -0.2) is 4.79 Å². The van der Waals surface area contributed by atoms with Gasteiger partial charge >= 0.3 is 12.1 Å². The Bertz CT molecular complexity index is 948. The van der Waals surface area contributed by atoms with E-state index in [4.69, 9.17) is 9.47 Å². The zero-order chi connectivity index (χ0) is 20.5. The molecule has 1 N–H and O–H groups in total. The summed E-state index contributed by atoms with van der Waals surface area (Å²) in [6.07, 6.45) is -4.17. The lowest BCUT2D eigenvalue weighted by Gasteiger charge is -2.24. The molecule has 0 bridgehead atoms. The molecule has 0 spiro atoms. The molecule has 1 aliphatic rings. The number of alkyl halides is 3. The summed E-state index contributed by atoms with van der Waals surface area (Å²) in [5.74, 6) is -1.37. The number of halogens is 3. The van der Waals surface area contributed by atoms with E-state index in [2.05, 4.69) is 0 Å². The zero-order valence-electron chi connectivity index (χ0n) is 15.0. The number of aromatic hydroxyl groups is 1. The van der Waals surface area contributed by atoms with Gasteiger partial charge in [0.1, 0.15) is 5.75 Å². The fourth-order valence-corrected chi connectivity index (χ4v) is 3.12. The fraction of sp³-hybridized carbons (Fsp3) is 0.368. The summed E-state index contributed by atoms with van der Waals surface area (Å²) >= 11 is 0. The largest absolute Gasteiger partial charge is 0.506 e. The summed E-state index contributed by atoms with van der Waals surface area (Å²) in [5.41, 5.74) is -0.827. The average molecular weight is 397 g/mol. The molecule has 1 aliphatic heterocycles. The SMILES string of the molecule is CCOC(=O)c1c(O)c2c(n(Cc3ccc(C(F)(F)F)cc3)c1=O)COCC2. The van der Waals surface area contributed by atoms with Gasteiger partial charge in [-0.15, -0.1) is 0 Å². The third-order valence-corrected chi connectivity index (χ3v) is 4.49. The third-order valence-electron chi connectivity index (χ3n) is 4.49. The molecule has 0 unspecified atom stereocenters. The van der Waals surface area contributed by atoms with Crippen molar-refractivity contribution in [3.05, 3.63) is 62.6 Å². The molecule has 6 nitrogen and oxygen atoms in total. The molecule has 0 amide bonds. The van der Waals surface area contributed by atoms with E-state index in [-0.39, 0.29) is 19.8 Å². The van der Waals surface area contributed by atoms with E-state index in [1.807, 2.05) is 0 Å². The predicted molar refractivity (Wildman–Crippen MR) is 92.2 cm³/mol. The van der Waals surface area contributed by atoms with Crippen molar-refractivity contribution in [1.82, 2.24) is 4.57 Å². The average Bonchev–Trinajstić information content (AvgIpc) is 2.65. The van der Waals surface area contributed by atoms with Crippen molar-refractivity contribution in [2.45, 2.75) is 32.7 Å². The summed E-state index contributed by atoms with van der Waals surface area (Å²) in [6, 6.07) is 4.39. The number of hydrogen-bond acceptors (Lipinski definition) is 5. The number of hydrogen-bond donors (Lipinski definition) is 1. The van der Waals surface area contributed by atoms with Crippen molar-refractivity contribution >= 4 is 5.97 Å². The first-order chi connectivity index (χ1) is 13.2. The van der Waals surface area contributed by atoms with Crippen LogP contribution in [0.5, 0.6) is 5.75 Å². The van der Waals surface area contributed by atoms with Gasteiger partial charge in [0.15, 0.2) is 5.56 Å². The molecule has 0 saturated heterocycles. The number of carbonyl (C=O) groups is 1. The fourth-order valence-electron chi connectivity index (χ4n) is 3.12. The first-order valence-corrected chi connectivity index (χ1v) is 8.62. The summed E-state index contributed by atoms with van der Waals surface area (Å²) in [7, 11) is 0. The van der Waals surface area contributed by atoms with Crippen LogP contribution in [0.2, 0.25) is 0 Å². The van der Waals surface area contributed by atoms with E-state index < -0.39 is 34.6 Å². The molecule has 0 atom stereocenters. The van der Waals surface area contributed by atoms with Crippen molar-refractivity contribution < 1.29 is 32.5 Å². The number of carbonyl (C=O) groups excluding carboxylic acids is 1. The van der Waals surface area contributed by atoms with E-state index in [0.717, 1.165) is 12.1 Å². The smallest absolute Gasteiger partial charge is 0.416 e. The maximum atomic E-state index is 12.9. The lowest BCUT2D eigenvalue weighted by molar-refractivity contribution is -0.137. The summed E-state index contributed by atoms with van der Waals surface area (Å²) in [6.45, 7) is 1.87. The Morgan fingerprint density at radius 1 is 1.29 bits per heavy atom. The van der Waals surface area contributed by atoms with Crippen LogP contribution >= 0.6 is 0 Å². The Morgan fingerprint density at radius 3 is 2.57 bits per heavy atom. The monoisotopic (exact) mass is 397 g/mol. The number of rotatable bonds is 4. The number of pyridine rings is 1. The van der Waals surface area contributed by atoms with Crippen molar-refractivity contribution in [2.75, 3.05) is 13.2 Å². The maximum Gasteiger partial charge on any atom is 0.416 e. The second kappa shape index (κ2) is 7.67. The maximum absolute atomic E-state index is 12.9. The number of esters is 1. The molecule has 0 radical (unpaired) electrons. The summed E-state index contributed by atoms with van der Waals surface area (Å²) < 4.78 is 49.7.